The van der Waals surface area contributed by atoms with Crippen LogP contribution >= 0.6 is 0 Å². The maximum atomic E-state index is 12.6. The van der Waals surface area contributed by atoms with Gasteiger partial charge in [0.1, 0.15) is 17.3 Å². The summed E-state index contributed by atoms with van der Waals surface area (Å²) < 4.78 is 5.84. The first kappa shape index (κ1) is 18.8. The number of carbonyl (C=O) groups excluding carboxylic acids is 2. The fourth-order valence-corrected chi connectivity index (χ4v) is 8.53. The molecule has 4 fully saturated rings. The summed E-state index contributed by atoms with van der Waals surface area (Å²) in [5.41, 5.74) is 0.709. The van der Waals surface area contributed by atoms with E-state index >= 15 is 0 Å². The van der Waals surface area contributed by atoms with Crippen LogP contribution in [0.1, 0.15) is 72.6 Å². The molecule has 0 aromatic carbocycles. The van der Waals surface area contributed by atoms with Gasteiger partial charge in [-0.2, -0.15) is 0 Å². The number of fused-ring (bicyclic) bond motifs is 7. The van der Waals surface area contributed by atoms with E-state index in [4.69, 9.17) is 4.74 Å². The van der Waals surface area contributed by atoms with Gasteiger partial charge in [0.05, 0.1) is 6.10 Å². The number of Topliss-reactive ketones (excluding diaryl/α,β-unsaturated/α-hetero) is 1. The van der Waals surface area contributed by atoms with E-state index < -0.39 is 5.41 Å². The average Bonchev–Trinajstić information content (AvgIpc) is 3.07. The van der Waals surface area contributed by atoms with E-state index in [9.17, 15) is 14.7 Å². The van der Waals surface area contributed by atoms with E-state index in [1.54, 1.807) is 6.92 Å². The fourth-order valence-electron chi connectivity index (χ4n) is 8.53. The molecule has 5 rings (SSSR count). The van der Waals surface area contributed by atoms with Crippen molar-refractivity contribution in [1.82, 2.24) is 0 Å². The molecule has 154 valence electrons. The van der Waals surface area contributed by atoms with E-state index in [1.165, 1.54) is 5.57 Å². The number of ketones is 1. The van der Waals surface area contributed by atoms with E-state index in [2.05, 4.69) is 19.9 Å². The zero-order valence-corrected chi connectivity index (χ0v) is 17.7. The lowest BCUT2D eigenvalue weighted by molar-refractivity contribution is -0.155. The Bertz CT molecular complexity index is 771. The van der Waals surface area contributed by atoms with Crippen molar-refractivity contribution in [3.05, 3.63) is 11.6 Å². The van der Waals surface area contributed by atoms with Crippen molar-refractivity contribution in [1.29, 1.82) is 0 Å². The molecule has 5 aliphatic rings. The molecule has 1 heterocycles. The molecule has 4 heteroatoms. The topological polar surface area (TPSA) is 63.6 Å². The van der Waals surface area contributed by atoms with Crippen LogP contribution in [-0.4, -0.2) is 29.1 Å². The van der Waals surface area contributed by atoms with Crippen molar-refractivity contribution in [2.75, 3.05) is 0 Å². The number of carbonyl (C=O) groups is 2. The predicted molar refractivity (Wildman–Crippen MR) is 105 cm³/mol. The van der Waals surface area contributed by atoms with E-state index in [-0.39, 0.29) is 40.7 Å². The van der Waals surface area contributed by atoms with E-state index in [0.717, 1.165) is 44.9 Å². The SMILES string of the molecule is CC(=O)[C@]1(C)C(=O)O[C@H]2C[C@H]3[C@@H]4CC=C5C[C@@H](O)CC[C@]5(C)[C@H]4CC[C@]3(C)[C@H]21. The second-order valence-corrected chi connectivity index (χ2v) is 11.1. The molecule has 0 aromatic heterocycles. The Labute approximate surface area is 168 Å². The zero-order chi connectivity index (χ0) is 20.1. The van der Waals surface area contributed by atoms with Crippen molar-refractivity contribution >= 4 is 11.8 Å². The highest BCUT2D eigenvalue weighted by Crippen LogP contribution is 2.70. The smallest absolute Gasteiger partial charge is 0.320 e. The van der Waals surface area contributed by atoms with Gasteiger partial charge in [-0.3, -0.25) is 9.59 Å². The van der Waals surface area contributed by atoms with Gasteiger partial charge in [-0.25, -0.2) is 0 Å². The van der Waals surface area contributed by atoms with Crippen LogP contribution in [0.4, 0.5) is 0 Å². The van der Waals surface area contributed by atoms with Crippen LogP contribution < -0.4 is 0 Å². The maximum absolute atomic E-state index is 12.6. The second-order valence-electron chi connectivity index (χ2n) is 11.1. The fraction of sp³-hybridized carbons (Fsp3) is 0.833. The molecule has 0 spiro atoms. The molecule has 0 bridgehead atoms. The quantitative estimate of drug-likeness (QED) is 0.419. The van der Waals surface area contributed by atoms with Gasteiger partial charge < -0.3 is 9.84 Å². The van der Waals surface area contributed by atoms with Crippen LogP contribution in [0, 0.1) is 39.9 Å². The minimum atomic E-state index is -0.977. The summed E-state index contributed by atoms with van der Waals surface area (Å²) in [5, 5.41) is 10.2. The number of allylic oxidation sites excluding steroid dienone is 1. The molecule has 4 nitrogen and oxygen atoms in total. The average molecular weight is 387 g/mol. The Balaban J connectivity index is 1.52. The molecule has 28 heavy (non-hydrogen) atoms. The van der Waals surface area contributed by atoms with Crippen LogP contribution in [-0.2, 0) is 14.3 Å². The van der Waals surface area contributed by atoms with Crippen LogP contribution in [0.2, 0.25) is 0 Å². The number of aliphatic hydroxyl groups excluding tert-OH is 1. The molecule has 3 saturated carbocycles. The number of hydrogen-bond donors (Lipinski definition) is 1. The Morgan fingerprint density at radius 3 is 2.64 bits per heavy atom. The lowest BCUT2D eigenvalue weighted by Gasteiger charge is -2.58. The van der Waals surface area contributed by atoms with Crippen molar-refractivity contribution < 1.29 is 19.4 Å². The minimum Gasteiger partial charge on any atom is -0.461 e. The van der Waals surface area contributed by atoms with Crippen LogP contribution in [0.3, 0.4) is 0 Å². The third-order valence-electron chi connectivity index (χ3n) is 10.1. The Morgan fingerprint density at radius 1 is 1.18 bits per heavy atom. The summed E-state index contributed by atoms with van der Waals surface area (Å²) in [6.07, 6.45) is 9.21. The van der Waals surface area contributed by atoms with Gasteiger partial charge in [0.15, 0.2) is 0 Å². The number of ether oxygens (including phenoxy) is 1. The largest absolute Gasteiger partial charge is 0.461 e. The normalized spacial score (nSPS) is 54.8. The molecular formula is C24H34O4. The van der Waals surface area contributed by atoms with Gasteiger partial charge in [0, 0.05) is 5.92 Å². The first-order valence-corrected chi connectivity index (χ1v) is 11.2. The Hall–Kier alpha value is -1.16. The van der Waals surface area contributed by atoms with Crippen LogP contribution in [0.15, 0.2) is 11.6 Å². The molecule has 0 aromatic rings. The summed E-state index contributed by atoms with van der Waals surface area (Å²) in [7, 11) is 0. The standard InChI is InChI=1S/C24H34O4/c1-13(25)24(4)20-19(28-21(24)27)12-18-16-6-5-14-11-15(26)7-9-22(14,2)17(16)8-10-23(18,20)3/h5,15-20,26H,6-12H2,1-4H3/t15-,16+,17-,18-,19-,20-,22-,23-,24-/m0/s1. The van der Waals surface area contributed by atoms with Crippen LogP contribution in [0.25, 0.3) is 0 Å². The molecule has 0 unspecified atom stereocenters. The van der Waals surface area contributed by atoms with E-state index in [0.29, 0.717) is 17.8 Å². The summed E-state index contributed by atoms with van der Waals surface area (Å²) >= 11 is 0. The lowest BCUT2D eigenvalue weighted by Crippen LogP contribution is -2.53. The monoisotopic (exact) mass is 386 g/mol. The van der Waals surface area contributed by atoms with Crippen molar-refractivity contribution in [2.24, 2.45) is 39.9 Å². The molecule has 1 N–H and O–H groups in total. The third-order valence-corrected chi connectivity index (χ3v) is 10.1. The highest BCUT2D eigenvalue weighted by Gasteiger charge is 2.71. The van der Waals surface area contributed by atoms with Crippen LogP contribution in [0.5, 0.6) is 0 Å². The van der Waals surface area contributed by atoms with Gasteiger partial charge in [0.25, 0.3) is 0 Å². The van der Waals surface area contributed by atoms with Crippen molar-refractivity contribution in [2.45, 2.75) is 84.8 Å². The number of hydrogen-bond acceptors (Lipinski definition) is 4. The lowest BCUT2D eigenvalue weighted by atomic mass is 9.46. The molecule has 9 atom stereocenters. The second kappa shape index (κ2) is 5.71. The molecule has 0 radical (unpaired) electrons. The van der Waals surface area contributed by atoms with Crippen molar-refractivity contribution in [3.8, 4) is 0 Å². The number of rotatable bonds is 1. The summed E-state index contributed by atoms with van der Waals surface area (Å²) in [4.78, 5) is 25.2. The molecule has 4 aliphatic carbocycles. The Morgan fingerprint density at radius 2 is 1.93 bits per heavy atom. The Kier molecular flexibility index (Phi) is 3.84. The molecule has 0 amide bonds. The highest BCUT2D eigenvalue weighted by atomic mass is 16.6. The summed E-state index contributed by atoms with van der Waals surface area (Å²) in [6.45, 7) is 8.17. The van der Waals surface area contributed by atoms with Gasteiger partial charge in [-0.05, 0) is 87.4 Å². The number of esters is 1. The third kappa shape index (κ3) is 2.11. The van der Waals surface area contributed by atoms with Gasteiger partial charge in [0.2, 0.25) is 0 Å². The molecule has 1 saturated heterocycles. The zero-order valence-electron chi connectivity index (χ0n) is 17.7. The first-order chi connectivity index (χ1) is 13.1. The van der Waals surface area contributed by atoms with Gasteiger partial charge in [-0.15, -0.1) is 0 Å². The minimum absolute atomic E-state index is 0.00566. The summed E-state index contributed by atoms with van der Waals surface area (Å²) in [6, 6.07) is 0. The predicted octanol–water partition coefficient (Wildman–Crippen LogP) is 4.06. The molecular weight excluding hydrogens is 352 g/mol. The van der Waals surface area contributed by atoms with E-state index in [1.807, 2.05) is 6.92 Å². The molecule has 1 aliphatic heterocycles. The highest BCUT2D eigenvalue weighted by molar-refractivity contribution is 6.04. The van der Waals surface area contributed by atoms with Gasteiger partial charge >= 0.3 is 5.97 Å². The van der Waals surface area contributed by atoms with Gasteiger partial charge in [-0.1, -0.05) is 25.5 Å². The first-order valence-electron chi connectivity index (χ1n) is 11.2. The van der Waals surface area contributed by atoms with Crippen molar-refractivity contribution in [3.63, 3.8) is 0 Å². The number of aliphatic hydroxyl groups is 1. The summed E-state index contributed by atoms with van der Waals surface area (Å²) in [5.74, 6) is 1.44. The maximum Gasteiger partial charge on any atom is 0.320 e.